The first-order chi connectivity index (χ1) is 8.86. The molecule has 0 spiro atoms. The van der Waals surface area contributed by atoms with Crippen molar-refractivity contribution < 1.29 is 14.6 Å². The van der Waals surface area contributed by atoms with Crippen LogP contribution in [0.15, 0.2) is 18.2 Å². The minimum atomic E-state index is -0.889. The Morgan fingerprint density at radius 2 is 2.11 bits per heavy atom. The summed E-state index contributed by atoms with van der Waals surface area (Å²) in [5.74, 6) is 0.0699. The van der Waals surface area contributed by atoms with E-state index in [1.807, 2.05) is 26.0 Å². The maximum atomic E-state index is 11.0. The molecule has 4 heteroatoms. The van der Waals surface area contributed by atoms with Crippen molar-refractivity contribution in [3.63, 3.8) is 0 Å². The van der Waals surface area contributed by atoms with Crippen LogP contribution in [0.4, 0.5) is 0 Å². The number of hydrogen-bond acceptors (Lipinski definition) is 3. The predicted molar refractivity (Wildman–Crippen MR) is 75.8 cm³/mol. The number of benzene rings is 1. The second-order valence-corrected chi connectivity index (χ2v) is 5.14. The molecule has 1 aromatic rings. The quantitative estimate of drug-likeness (QED) is 0.794. The highest BCUT2D eigenvalue weighted by Gasteiger charge is 2.25. The normalized spacial score (nSPS) is 11.4. The van der Waals surface area contributed by atoms with Gasteiger partial charge in [0.1, 0.15) is 11.3 Å². The summed E-state index contributed by atoms with van der Waals surface area (Å²) < 4.78 is 5.49. The zero-order valence-corrected chi connectivity index (χ0v) is 12.1. The van der Waals surface area contributed by atoms with Crippen LogP contribution in [0, 0.1) is 6.92 Å². The van der Waals surface area contributed by atoms with Gasteiger partial charge in [0.25, 0.3) is 0 Å². The van der Waals surface area contributed by atoms with Gasteiger partial charge in [0.2, 0.25) is 0 Å². The van der Waals surface area contributed by atoms with Crippen LogP contribution in [0.1, 0.15) is 31.9 Å². The summed E-state index contributed by atoms with van der Waals surface area (Å²) in [6.07, 6.45) is 0.796. The van der Waals surface area contributed by atoms with E-state index in [0.29, 0.717) is 13.2 Å². The number of carbonyl (C=O) groups is 1. The van der Waals surface area contributed by atoms with Gasteiger partial charge in [0.15, 0.2) is 0 Å². The number of carboxylic acid groups (broad SMARTS) is 1. The highest BCUT2D eigenvalue weighted by Crippen LogP contribution is 2.19. The fourth-order valence-electron chi connectivity index (χ4n) is 1.78. The first kappa shape index (κ1) is 15.5. The molecule has 1 rings (SSSR count). The Balaban J connectivity index is 2.55. The van der Waals surface area contributed by atoms with Crippen LogP contribution in [-0.2, 0) is 11.2 Å². The van der Waals surface area contributed by atoms with Gasteiger partial charge in [-0.3, -0.25) is 4.79 Å². The van der Waals surface area contributed by atoms with Crippen molar-refractivity contribution in [2.45, 2.75) is 39.7 Å². The molecule has 0 heterocycles. The molecular weight excluding hydrogens is 242 g/mol. The Kier molecular flexibility index (Phi) is 5.36. The molecule has 0 aliphatic rings. The third-order valence-corrected chi connectivity index (χ3v) is 3.05. The Morgan fingerprint density at radius 1 is 1.42 bits per heavy atom. The van der Waals surface area contributed by atoms with Crippen LogP contribution in [-0.4, -0.2) is 29.8 Å². The highest BCUT2D eigenvalue weighted by atomic mass is 16.5. The van der Waals surface area contributed by atoms with E-state index in [1.165, 1.54) is 5.56 Å². The van der Waals surface area contributed by atoms with Gasteiger partial charge in [0.05, 0.1) is 6.61 Å². The molecule has 0 fully saturated rings. The van der Waals surface area contributed by atoms with Crippen molar-refractivity contribution in [1.29, 1.82) is 0 Å². The van der Waals surface area contributed by atoms with E-state index in [2.05, 4.69) is 11.4 Å². The minimum Gasteiger partial charge on any atom is -0.494 e. The smallest absolute Gasteiger partial charge is 0.323 e. The lowest BCUT2D eigenvalue weighted by atomic mass is 10.0. The molecule has 0 aliphatic carbocycles. The zero-order valence-electron chi connectivity index (χ0n) is 12.1. The zero-order chi connectivity index (χ0) is 14.5. The largest absolute Gasteiger partial charge is 0.494 e. The SMILES string of the molecule is CCOc1ccc(CCNC(C)(C)C(=O)O)cc1C. The molecule has 0 saturated heterocycles. The van der Waals surface area contributed by atoms with E-state index in [-0.39, 0.29) is 0 Å². The van der Waals surface area contributed by atoms with Crippen LogP contribution >= 0.6 is 0 Å². The lowest BCUT2D eigenvalue weighted by Crippen LogP contribution is -2.47. The molecule has 0 atom stereocenters. The van der Waals surface area contributed by atoms with Crippen molar-refractivity contribution >= 4 is 5.97 Å². The molecule has 0 saturated carbocycles. The van der Waals surface area contributed by atoms with Crippen LogP contribution in [0.3, 0.4) is 0 Å². The maximum Gasteiger partial charge on any atom is 0.323 e. The monoisotopic (exact) mass is 265 g/mol. The number of nitrogens with one attached hydrogen (secondary N) is 1. The van der Waals surface area contributed by atoms with Crippen molar-refractivity contribution in [2.75, 3.05) is 13.2 Å². The average molecular weight is 265 g/mol. The van der Waals surface area contributed by atoms with E-state index in [9.17, 15) is 4.79 Å². The molecule has 19 heavy (non-hydrogen) atoms. The third-order valence-electron chi connectivity index (χ3n) is 3.05. The van der Waals surface area contributed by atoms with Gasteiger partial charge in [-0.15, -0.1) is 0 Å². The number of carboxylic acids is 1. The molecule has 0 amide bonds. The molecule has 0 radical (unpaired) electrons. The van der Waals surface area contributed by atoms with Gasteiger partial charge >= 0.3 is 5.97 Å². The van der Waals surface area contributed by atoms with Gasteiger partial charge in [-0.25, -0.2) is 0 Å². The Hall–Kier alpha value is -1.55. The fraction of sp³-hybridized carbons (Fsp3) is 0.533. The lowest BCUT2D eigenvalue weighted by molar-refractivity contribution is -0.143. The van der Waals surface area contributed by atoms with E-state index in [1.54, 1.807) is 13.8 Å². The number of hydrogen-bond donors (Lipinski definition) is 2. The van der Waals surface area contributed by atoms with E-state index >= 15 is 0 Å². The molecule has 0 aliphatic heterocycles. The van der Waals surface area contributed by atoms with E-state index in [0.717, 1.165) is 17.7 Å². The van der Waals surface area contributed by atoms with Gasteiger partial charge in [0, 0.05) is 6.54 Å². The number of ether oxygens (including phenoxy) is 1. The Bertz CT molecular complexity index is 441. The Morgan fingerprint density at radius 3 is 2.63 bits per heavy atom. The molecule has 106 valence electrons. The van der Waals surface area contributed by atoms with Crippen LogP contribution in [0.5, 0.6) is 5.75 Å². The summed E-state index contributed by atoms with van der Waals surface area (Å²) >= 11 is 0. The molecule has 0 aromatic heterocycles. The summed E-state index contributed by atoms with van der Waals surface area (Å²) in [7, 11) is 0. The van der Waals surface area contributed by atoms with Gasteiger partial charge in [-0.2, -0.15) is 0 Å². The number of aliphatic carboxylic acids is 1. The standard InChI is InChI=1S/C15H23NO3/c1-5-19-13-7-6-12(10-11(13)2)8-9-16-15(3,4)14(17)18/h6-7,10,16H,5,8-9H2,1-4H3,(H,17,18). The molecule has 0 unspecified atom stereocenters. The highest BCUT2D eigenvalue weighted by molar-refractivity contribution is 5.77. The van der Waals surface area contributed by atoms with E-state index in [4.69, 9.17) is 9.84 Å². The van der Waals surface area contributed by atoms with Crippen LogP contribution in [0.2, 0.25) is 0 Å². The molecular formula is C15H23NO3. The molecule has 1 aromatic carbocycles. The summed E-state index contributed by atoms with van der Waals surface area (Å²) in [6.45, 7) is 8.60. The van der Waals surface area contributed by atoms with Crippen LogP contribution < -0.4 is 10.1 Å². The summed E-state index contributed by atoms with van der Waals surface area (Å²) in [4.78, 5) is 11.0. The average Bonchev–Trinajstić information content (AvgIpc) is 2.32. The van der Waals surface area contributed by atoms with E-state index < -0.39 is 11.5 Å². The minimum absolute atomic E-state index is 0.632. The van der Waals surface area contributed by atoms with Crippen LogP contribution in [0.25, 0.3) is 0 Å². The first-order valence-electron chi connectivity index (χ1n) is 6.57. The van der Waals surface area contributed by atoms with Crippen molar-refractivity contribution in [3.8, 4) is 5.75 Å². The molecule has 4 nitrogen and oxygen atoms in total. The second kappa shape index (κ2) is 6.57. The lowest BCUT2D eigenvalue weighted by Gasteiger charge is -2.21. The number of aryl methyl sites for hydroxylation is 1. The number of rotatable bonds is 7. The second-order valence-electron chi connectivity index (χ2n) is 5.14. The van der Waals surface area contributed by atoms with Gasteiger partial charge < -0.3 is 15.2 Å². The summed E-state index contributed by atoms with van der Waals surface area (Å²) in [5.41, 5.74) is 1.40. The van der Waals surface area contributed by atoms with Crippen molar-refractivity contribution in [2.24, 2.45) is 0 Å². The van der Waals surface area contributed by atoms with Crippen molar-refractivity contribution in [1.82, 2.24) is 5.32 Å². The maximum absolute atomic E-state index is 11.0. The third kappa shape index (κ3) is 4.56. The first-order valence-corrected chi connectivity index (χ1v) is 6.57. The topological polar surface area (TPSA) is 58.6 Å². The summed E-state index contributed by atoms with van der Waals surface area (Å²) in [6, 6.07) is 6.07. The Labute approximate surface area is 114 Å². The van der Waals surface area contributed by atoms with Gasteiger partial charge in [-0.05, 0) is 51.3 Å². The predicted octanol–water partition coefficient (Wildman–Crippen LogP) is 2.39. The summed E-state index contributed by atoms with van der Waals surface area (Å²) in [5, 5.41) is 12.0. The fourth-order valence-corrected chi connectivity index (χ4v) is 1.78. The molecule has 2 N–H and O–H groups in total. The molecule has 0 bridgehead atoms. The van der Waals surface area contributed by atoms with Gasteiger partial charge in [-0.1, -0.05) is 12.1 Å². The van der Waals surface area contributed by atoms with Crippen molar-refractivity contribution in [3.05, 3.63) is 29.3 Å².